The van der Waals surface area contributed by atoms with Crippen LogP contribution in [0.15, 0.2) is 48.7 Å². The Kier molecular flexibility index (Phi) is 8.71. The Morgan fingerprint density at radius 1 is 1.07 bits per heavy atom. The number of alkyl halides is 3. The minimum atomic E-state index is -4.79. The fraction of sp³-hybridized carbons (Fsp3) is 0.400. The SMILES string of the molecule is COc1cc(C(=O)NC2CCN(C)CC2)ccc1Nc1ncc(C(F)(F)F)c(OC2Cc3ccccc3C2NC(C)=O)n1. The van der Waals surface area contributed by atoms with Crippen LogP contribution in [-0.4, -0.2) is 66.1 Å². The van der Waals surface area contributed by atoms with E-state index in [4.69, 9.17) is 9.47 Å². The maximum Gasteiger partial charge on any atom is 0.423 e. The molecule has 1 saturated heterocycles. The molecule has 0 radical (unpaired) electrons. The second-order valence-electron chi connectivity index (χ2n) is 10.7. The number of ether oxygens (including phenoxy) is 2. The summed E-state index contributed by atoms with van der Waals surface area (Å²) in [6, 6.07) is 11.4. The molecule has 228 valence electrons. The average molecular weight is 599 g/mol. The Hall–Kier alpha value is -4.39. The molecule has 2 aliphatic rings. The summed E-state index contributed by atoms with van der Waals surface area (Å²) in [5.41, 5.74) is 1.20. The number of hydrogen-bond donors (Lipinski definition) is 3. The van der Waals surface area contributed by atoms with Crippen LogP contribution in [-0.2, 0) is 17.4 Å². The first kappa shape index (κ1) is 30.1. The largest absolute Gasteiger partial charge is 0.495 e. The number of likely N-dealkylation sites (tertiary alicyclic amines) is 1. The number of benzene rings is 2. The fourth-order valence-electron chi connectivity index (χ4n) is 5.39. The third kappa shape index (κ3) is 6.99. The number of halogens is 3. The van der Waals surface area contributed by atoms with Crippen molar-refractivity contribution < 1.29 is 32.2 Å². The van der Waals surface area contributed by atoms with Crippen LogP contribution < -0.4 is 25.4 Å². The summed E-state index contributed by atoms with van der Waals surface area (Å²) < 4.78 is 53.2. The molecule has 13 heteroatoms. The van der Waals surface area contributed by atoms with Crippen molar-refractivity contribution in [2.24, 2.45) is 0 Å². The highest BCUT2D eigenvalue weighted by molar-refractivity contribution is 5.95. The van der Waals surface area contributed by atoms with Gasteiger partial charge in [0.1, 0.15) is 17.4 Å². The number of hydrogen-bond acceptors (Lipinski definition) is 8. The van der Waals surface area contributed by atoms with E-state index in [1.165, 1.54) is 14.0 Å². The summed E-state index contributed by atoms with van der Waals surface area (Å²) in [4.78, 5) is 34.9. The Labute approximate surface area is 247 Å². The van der Waals surface area contributed by atoms with Crippen LogP contribution in [0.2, 0.25) is 0 Å². The van der Waals surface area contributed by atoms with Gasteiger partial charge in [-0.2, -0.15) is 18.2 Å². The maximum absolute atomic E-state index is 14.0. The number of methoxy groups -OCH3 is 1. The van der Waals surface area contributed by atoms with E-state index in [1.807, 2.05) is 19.2 Å². The summed E-state index contributed by atoms with van der Waals surface area (Å²) in [5, 5.41) is 8.71. The van der Waals surface area contributed by atoms with Crippen molar-refractivity contribution in [2.75, 3.05) is 32.6 Å². The quantitative estimate of drug-likeness (QED) is 0.352. The van der Waals surface area contributed by atoms with Gasteiger partial charge in [-0.3, -0.25) is 9.59 Å². The number of piperidine rings is 1. The smallest absolute Gasteiger partial charge is 0.423 e. The monoisotopic (exact) mass is 598 g/mol. The molecule has 10 nitrogen and oxygen atoms in total. The average Bonchev–Trinajstić information content (AvgIpc) is 3.30. The lowest BCUT2D eigenvalue weighted by molar-refractivity contribution is -0.140. The molecule has 2 aromatic carbocycles. The van der Waals surface area contributed by atoms with Gasteiger partial charge in [0.2, 0.25) is 17.7 Å². The molecule has 2 heterocycles. The van der Waals surface area contributed by atoms with E-state index in [-0.39, 0.29) is 36.0 Å². The molecule has 0 spiro atoms. The van der Waals surface area contributed by atoms with E-state index >= 15 is 0 Å². The first-order chi connectivity index (χ1) is 20.5. The van der Waals surface area contributed by atoms with E-state index in [0.29, 0.717) is 17.4 Å². The van der Waals surface area contributed by atoms with Crippen LogP contribution in [0.5, 0.6) is 11.6 Å². The highest BCUT2D eigenvalue weighted by atomic mass is 19.4. The minimum absolute atomic E-state index is 0.0735. The number of fused-ring (bicyclic) bond motifs is 1. The van der Waals surface area contributed by atoms with Gasteiger partial charge in [0.25, 0.3) is 5.91 Å². The van der Waals surface area contributed by atoms with Gasteiger partial charge >= 0.3 is 6.18 Å². The summed E-state index contributed by atoms with van der Waals surface area (Å²) in [5.74, 6) is -1.15. The number of anilines is 2. The summed E-state index contributed by atoms with van der Waals surface area (Å²) in [7, 11) is 3.46. The zero-order valence-corrected chi connectivity index (χ0v) is 24.0. The highest BCUT2D eigenvalue weighted by Gasteiger charge is 2.40. The molecule has 2 unspecified atom stereocenters. The van der Waals surface area contributed by atoms with E-state index in [9.17, 15) is 22.8 Å². The number of carbonyl (C=O) groups excluding carboxylic acids is 2. The first-order valence-corrected chi connectivity index (χ1v) is 13.9. The molecule has 5 rings (SSSR count). The van der Waals surface area contributed by atoms with Crippen molar-refractivity contribution in [3.63, 3.8) is 0 Å². The topological polar surface area (TPSA) is 118 Å². The van der Waals surface area contributed by atoms with E-state index in [1.54, 1.807) is 30.3 Å². The molecule has 0 saturated carbocycles. The molecular formula is C30H33F3N6O4. The minimum Gasteiger partial charge on any atom is -0.495 e. The molecule has 3 N–H and O–H groups in total. The standard InChI is InChI=1S/C30H33F3N6O4/c1-17(40)35-26-21-7-5-4-6-18(21)14-25(26)43-28-22(30(31,32)33)16-34-29(38-28)37-23-9-8-19(15-24(23)42-3)27(41)36-20-10-12-39(2)13-11-20/h4-9,15-16,20,25-26H,10-14H2,1-3H3,(H,35,40)(H,36,41)(H,34,37,38). The van der Waals surface area contributed by atoms with Crippen LogP contribution in [0.4, 0.5) is 24.8 Å². The van der Waals surface area contributed by atoms with Gasteiger partial charge < -0.3 is 30.3 Å². The zero-order valence-electron chi connectivity index (χ0n) is 24.0. The third-order valence-electron chi connectivity index (χ3n) is 7.63. The van der Waals surface area contributed by atoms with Gasteiger partial charge in [-0.05, 0) is 62.3 Å². The molecule has 3 aromatic rings. The molecule has 2 atom stereocenters. The molecule has 1 aliphatic heterocycles. The van der Waals surface area contributed by atoms with Crippen molar-refractivity contribution in [2.45, 2.75) is 50.6 Å². The van der Waals surface area contributed by atoms with Crippen molar-refractivity contribution >= 4 is 23.5 Å². The van der Waals surface area contributed by atoms with Gasteiger partial charge in [-0.25, -0.2) is 4.98 Å². The zero-order chi connectivity index (χ0) is 30.7. The molecule has 0 bridgehead atoms. The van der Waals surface area contributed by atoms with Crippen LogP contribution in [0.3, 0.4) is 0 Å². The number of nitrogens with zero attached hydrogens (tertiary/aromatic N) is 3. The second kappa shape index (κ2) is 12.5. The summed E-state index contributed by atoms with van der Waals surface area (Å²) in [6.07, 6.45) is -2.98. The Morgan fingerprint density at radius 2 is 1.81 bits per heavy atom. The van der Waals surface area contributed by atoms with E-state index in [2.05, 4.69) is 30.8 Å². The van der Waals surface area contributed by atoms with Crippen LogP contribution in [0.1, 0.15) is 52.9 Å². The van der Waals surface area contributed by atoms with Crippen molar-refractivity contribution in [3.05, 3.63) is 70.9 Å². The Bertz CT molecular complexity index is 1490. The van der Waals surface area contributed by atoms with Crippen LogP contribution in [0, 0.1) is 0 Å². The van der Waals surface area contributed by atoms with Crippen molar-refractivity contribution in [3.8, 4) is 11.6 Å². The number of amides is 2. The van der Waals surface area contributed by atoms with Gasteiger partial charge in [0, 0.05) is 31.1 Å². The predicted molar refractivity (Wildman–Crippen MR) is 152 cm³/mol. The van der Waals surface area contributed by atoms with E-state index in [0.717, 1.165) is 37.1 Å². The van der Waals surface area contributed by atoms with Crippen LogP contribution in [0.25, 0.3) is 0 Å². The lowest BCUT2D eigenvalue weighted by atomic mass is 10.0. The molecule has 1 fully saturated rings. The third-order valence-corrected chi connectivity index (χ3v) is 7.63. The Balaban J connectivity index is 1.37. The summed E-state index contributed by atoms with van der Waals surface area (Å²) >= 11 is 0. The Morgan fingerprint density at radius 3 is 2.51 bits per heavy atom. The lowest BCUT2D eigenvalue weighted by Crippen LogP contribution is -2.43. The number of rotatable bonds is 8. The van der Waals surface area contributed by atoms with Gasteiger partial charge in [0.05, 0.1) is 18.8 Å². The van der Waals surface area contributed by atoms with Crippen molar-refractivity contribution in [1.82, 2.24) is 25.5 Å². The molecule has 43 heavy (non-hydrogen) atoms. The first-order valence-electron chi connectivity index (χ1n) is 13.9. The number of carbonyl (C=O) groups is 2. The predicted octanol–water partition coefficient (Wildman–Crippen LogP) is 4.25. The van der Waals surface area contributed by atoms with E-state index < -0.39 is 29.8 Å². The maximum atomic E-state index is 14.0. The fourth-order valence-corrected chi connectivity index (χ4v) is 5.39. The normalized spacial score (nSPS) is 18.9. The van der Waals surface area contributed by atoms with Gasteiger partial charge in [-0.1, -0.05) is 24.3 Å². The molecular weight excluding hydrogens is 565 g/mol. The van der Waals surface area contributed by atoms with Crippen molar-refractivity contribution in [1.29, 1.82) is 0 Å². The highest BCUT2D eigenvalue weighted by Crippen LogP contribution is 2.40. The molecule has 1 aromatic heterocycles. The summed E-state index contributed by atoms with van der Waals surface area (Å²) in [6.45, 7) is 3.14. The number of nitrogens with one attached hydrogen (secondary N) is 3. The lowest BCUT2D eigenvalue weighted by Gasteiger charge is -2.29. The molecule has 2 amide bonds. The number of aromatic nitrogens is 2. The second-order valence-corrected chi connectivity index (χ2v) is 10.7. The van der Waals surface area contributed by atoms with Gasteiger partial charge in [-0.15, -0.1) is 0 Å². The van der Waals surface area contributed by atoms with Crippen LogP contribution >= 0.6 is 0 Å². The van der Waals surface area contributed by atoms with Gasteiger partial charge in [0.15, 0.2) is 0 Å². The molecule has 1 aliphatic carbocycles.